The lowest BCUT2D eigenvalue weighted by Crippen LogP contribution is -2.54. The highest BCUT2D eigenvalue weighted by Crippen LogP contribution is 2.68. The third kappa shape index (κ3) is 13.4. The second-order valence-electron chi connectivity index (χ2n) is 20.7. The Labute approximate surface area is 380 Å². The summed E-state index contributed by atoms with van der Waals surface area (Å²) in [6.45, 7) is 10.6. The van der Waals surface area contributed by atoms with Gasteiger partial charge < -0.3 is 19.4 Å². The summed E-state index contributed by atoms with van der Waals surface area (Å²) in [7, 11) is -2.34. The highest BCUT2D eigenvalue weighted by atomic mass is 31.1. The van der Waals surface area contributed by atoms with Crippen LogP contribution in [0.15, 0.2) is 24.8 Å². The highest BCUT2D eigenvalue weighted by Gasteiger charge is 2.60. The van der Waals surface area contributed by atoms with Gasteiger partial charge in [-0.2, -0.15) is 4.89 Å². The van der Waals surface area contributed by atoms with E-state index in [1.165, 1.54) is 122 Å². The van der Waals surface area contributed by atoms with Gasteiger partial charge in [0.15, 0.2) is 17.0 Å². The Kier molecular flexibility index (Phi) is 19.5. The number of fused-ring (bicyclic) bond motifs is 6. The lowest BCUT2D eigenvalue weighted by molar-refractivity contribution is -0.163. The molecule has 4 aliphatic carbocycles. The van der Waals surface area contributed by atoms with Gasteiger partial charge in [-0.05, 0) is 154 Å². The number of rotatable bonds is 27. The van der Waals surface area contributed by atoms with Crippen molar-refractivity contribution in [1.82, 2.24) is 19.5 Å². The van der Waals surface area contributed by atoms with Crippen molar-refractivity contribution in [2.75, 3.05) is 18.3 Å². The number of allylic oxidation sites excluding steroid dienone is 2. The number of nitrogens with one attached hydrogen (secondary N) is 1. The van der Waals surface area contributed by atoms with Gasteiger partial charge in [0.2, 0.25) is 5.91 Å². The topological polar surface area (TPSA) is 146 Å². The molecule has 0 radical (unpaired) electrons. The molecule has 4 fully saturated rings. The molecule has 4 aliphatic rings. The molecule has 2 aromatic rings. The Morgan fingerprint density at radius 2 is 1.59 bits per heavy atom. The lowest BCUT2D eigenvalue weighted by Gasteiger charge is -2.61. The number of unbranched alkanes of at least 4 members (excludes halogenated alkanes) is 11. The van der Waals surface area contributed by atoms with Crippen molar-refractivity contribution in [3.63, 3.8) is 0 Å². The SMILES string of the molecule is CCCCCCCC/C=C\CCCCCCCC(=O)O[C@@H]1CC[C@@]2(C)[C@H](CC[C@@H]3[C@@H]2CC[C@]2(C)[C@@H]([C@H](C)CCCC(=O)Nc4ncnc5c4ncn5CCOC[P+](=O)O)CC[C@@H]32)C1. The van der Waals surface area contributed by atoms with Crippen molar-refractivity contribution in [2.45, 2.75) is 207 Å². The normalized spacial score (nSPS) is 28.7. The minimum absolute atomic E-state index is 0.0340. The Hall–Kier alpha value is -2.75. The lowest BCUT2D eigenvalue weighted by atomic mass is 9.44. The number of amides is 1. The monoisotopic (exact) mass is 893 g/mol. The summed E-state index contributed by atoms with van der Waals surface area (Å²) >= 11 is 0. The average molecular weight is 893 g/mol. The van der Waals surface area contributed by atoms with Gasteiger partial charge in [0.05, 0.1) is 12.9 Å². The zero-order valence-corrected chi connectivity index (χ0v) is 40.5. The smallest absolute Gasteiger partial charge is 0.462 e. The second kappa shape index (κ2) is 24.7. The molecule has 10 atom stereocenters. The first-order valence-electron chi connectivity index (χ1n) is 25.5. The van der Waals surface area contributed by atoms with Gasteiger partial charge in [-0.15, -0.1) is 0 Å². The largest absolute Gasteiger partial charge is 0.534 e. The van der Waals surface area contributed by atoms with Gasteiger partial charge in [-0.3, -0.25) is 9.59 Å². The maximum absolute atomic E-state index is 13.1. The number of carbonyl (C=O) groups is 2. The third-order valence-electron chi connectivity index (χ3n) is 16.7. The standard InChI is InChI=1S/C51H82N5O6P/c1-5-6-7-8-9-10-11-12-13-14-15-16-17-18-19-23-46(58)62-40-28-30-50(3)39(34-40)24-25-41-43-27-26-42(51(43,4)31-29-44(41)50)38(2)21-20-22-45(57)55-48-47-49(53-35-52-48)56(36-54-47)32-33-61-37-63(59)60/h12-13,35-36,38-44H,5-11,14-34,37H2,1-4H3,(H-,52,53,55,57,59,60)/p+1/b13-12-/t38-,39-,40-,41+,42-,43+,44+,50+,51-/m1/s1. The molecule has 2 heterocycles. The first-order chi connectivity index (χ1) is 30.5. The van der Waals surface area contributed by atoms with Crippen LogP contribution in [0.25, 0.3) is 11.2 Å². The number of esters is 1. The van der Waals surface area contributed by atoms with E-state index in [0.717, 1.165) is 56.3 Å². The van der Waals surface area contributed by atoms with Crippen LogP contribution in [0.2, 0.25) is 0 Å². The fourth-order valence-corrected chi connectivity index (χ4v) is 13.6. The molecular weight excluding hydrogens is 810 g/mol. The minimum atomic E-state index is -2.34. The van der Waals surface area contributed by atoms with Crippen molar-refractivity contribution in [2.24, 2.45) is 46.3 Å². The summed E-state index contributed by atoms with van der Waals surface area (Å²) in [5.41, 5.74) is 1.83. The van der Waals surface area contributed by atoms with Crippen LogP contribution >= 0.6 is 8.03 Å². The van der Waals surface area contributed by atoms with Crippen LogP contribution in [0.4, 0.5) is 5.82 Å². The van der Waals surface area contributed by atoms with E-state index in [9.17, 15) is 14.2 Å². The molecule has 6 rings (SSSR count). The Morgan fingerprint density at radius 3 is 2.35 bits per heavy atom. The molecular formula is C51H83N5O6P+. The van der Waals surface area contributed by atoms with Crippen LogP contribution in [0.5, 0.6) is 0 Å². The number of nitrogens with zero attached hydrogens (tertiary/aromatic N) is 4. The van der Waals surface area contributed by atoms with Gasteiger partial charge in [0.25, 0.3) is 6.35 Å². The van der Waals surface area contributed by atoms with Gasteiger partial charge in [0, 0.05) is 19.4 Å². The minimum Gasteiger partial charge on any atom is -0.462 e. The first-order valence-corrected chi connectivity index (χ1v) is 26.9. The molecule has 2 N–H and O–H groups in total. The number of imidazole rings is 1. The van der Waals surface area contributed by atoms with E-state index in [2.05, 4.69) is 60.1 Å². The van der Waals surface area contributed by atoms with E-state index >= 15 is 0 Å². The average Bonchev–Trinajstić information content (AvgIpc) is 3.85. The van der Waals surface area contributed by atoms with E-state index < -0.39 is 8.03 Å². The number of hydrogen-bond acceptors (Lipinski definition) is 8. The zero-order valence-electron chi connectivity index (χ0n) is 39.6. The molecule has 2 aromatic heterocycles. The molecule has 0 saturated heterocycles. The third-order valence-corrected chi connectivity index (χ3v) is 17.1. The van der Waals surface area contributed by atoms with Crippen LogP contribution in [0, 0.1) is 46.3 Å². The summed E-state index contributed by atoms with van der Waals surface area (Å²) in [6, 6.07) is 0. The summed E-state index contributed by atoms with van der Waals surface area (Å²) in [5, 5.41) is 2.98. The van der Waals surface area contributed by atoms with Crippen LogP contribution in [-0.4, -0.2) is 55.3 Å². The zero-order chi connectivity index (χ0) is 44.7. The summed E-state index contributed by atoms with van der Waals surface area (Å²) in [4.78, 5) is 48.1. The van der Waals surface area contributed by atoms with Crippen molar-refractivity contribution in [1.29, 1.82) is 0 Å². The van der Waals surface area contributed by atoms with Crippen LogP contribution in [0.1, 0.15) is 195 Å². The quantitative estimate of drug-likeness (QED) is 0.0387. The van der Waals surface area contributed by atoms with E-state index in [1.807, 2.05) is 0 Å². The summed E-state index contributed by atoms with van der Waals surface area (Å²) in [5.74, 6) is 4.69. The molecule has 1 amide bonds. The fourth-order valence-electron chi connectivity index (χ4n) is 13.3. The van der Waals surface area contributed by atoms with Crippen molar-refractivity contribution in [3.05, 3.63) is 24.8 Å². The molecule has 0 aliphatic heterocycles. The summed E-state index contributed by atoms with van der Waals surface area (Å²) in [6.07, 6.45) is 38.2. The van der Waals surface area contributed by atoms with E-state index in [1.54, 1.807) is 10.9 Å². The maximum atomic E-state index is 13.1. The summed E-state index contributed by atoms with van der Waals surface area (Å²) < 4.78 is 24.1. The van der Waals surface area contributed by atoms with Crippen molar-refractivity contribution in [3.8, 4) is 0 Å². The van der Waals surface area contributed by atoms with Gasteiger partial charge >= 0.3 is 14.0 Å². The molecule has 352 valence electrons. The molecule has 12 heteroatoms. The number of anilines is 1. The number of carbonyl (C=O) groups excluding carboxylic acids is 2. The first kappa shape index (κ1) is 49.7. The van der Waals surface area contributed by atoms with Gasteiger partial charge in [-0.25, -0.2) is 15.0 Å². The van der Waals surface area contributed by atoms with E-state index in [4.69, 9.17) is 14.4 Å². The fraction of sp³-hybridized carbons (Fsp3) is 0.824. The predicted octanol–water partition coefficient (Wildman–Crippen LogP) is 12.9. The van der Waals surface area contributed by atoms with E-state index in [0.29, 0.717) is 65.0 Å². The highest BCUT2D eigenvalue weighted by molar-refractivity contribution is 7.37. The molecule has 63 heavy (non-hydrogen) atoms. The molecule has 4 saturated carbocycles. The van der Waals surface area contributed by atoms with Crippen LogP contribution < -0.4 is 5.32 Å². The van der Waals surface area contributed by atoms with Crippen LogP contribution in [-0.2, 0) is 30.2 Å². The molecule has 0 aromatic carbocycles. The molecule has 0 spiro atoms. The Bertz CT molecular complexity index is 1790. The second-order valence-corrected chi connectivity index (χ2v) is 21.7. The Balaban J connectivity index is 0.866. The Morgan fingerprint density at radius 1 is 0.873 bits per heavy atom. The van der Waals surface area contributed by atoms with Gasteiger partial charge in [0.1, 0.15) is 12.4 Å². The maximum Gasteiger partial charge on any atom is 0.534 e. The van der Waals surface area contributed by atoms with Crippen molar-refractivity contribution < 1.29 is 28.5 Å². The number of hydrogen-bond donors (Lipinski definition) is 2. The van der Waals surface area contributed by atoms with E-state index in [-0.39, 0.29) is 30.9 Å². The number of aromatic nitrogens is 4. The molecule has 1 unspecified atom stereocenters. The number of ether oxygens (including phenoxy) is 2. The predicted molar refractivity (Wildman–Crippen MR) is 252 cm³/mol. The molecule has 0 bridgehead atoms. The molecule has 11 nitrogen and oxygen atoms in total. The van der Waals surface area contributed by atoms with Gasteiger partial charge in [-0.1, -0.05) is 91.2 Å². The van der Waals surface area contributed by atoms with Crippen LogP contribution in [0.3, 0.4) is 0 Å². The van der Waals surface area contributed by atoms with Crippen molar-refractivity contribution >= 4 is 36.9 Å².